The first-order valence-electron chi connectivity index (χ1n) is 11.5. The monoisotopic (exact) mass is 460 g/mol. The van der Waals surface area contributed by atoms with E-state index >= 15 is 0 Å². The van der Waals surface area contributed by atoms with Gasteiger partial charge in [-0.25, -0.2) is 0 Å². The number of ether oxygens (including phenoxy) is 1. The van der Waals surface area contributed by atoms with Gasteiger partial charge in [-0.1, -0.05) is 13.0 Å². The van der Waals surface area contributed by atoms with Crippen LogP contribution in [0.4, 0.5) is 11.4 Å². The van der Waals surface area contributed by atoms with Gasteiger partial charge in [0.05, 0.1) is 43.2 Å². The standard InChI is InChI=1S/C23H36N6O2S/c1-3-4-20(15-26-18-28-11-13-31-14-12-28)19(2)32-17-23(30)27-21-16-25-6-5-22(21)29-9-7-24-8-10-29/h4-6,15-16,19,24H,3,7-14,17-18H2,1-2H3,(H,27,30)/b20-4+,26-15-. The first-order chi connectivity index (χ1) is 15.7. The van der Waals surface area contributed by atoms with E-state index in [-0.39, 0.29) is 11.2 Å². The molecule has 1 aromatic rings. The van der Waals surface area contributed by atoms with E-state index in [0.29, 0.717) is 12.4 Å². The highest BCUT2D eigenvalue weighted by molar-refractivity contribution is 8.00. The molecule has 0 saturated carbocycles. The number of aliphatic imine (C=N–C) groups is 1. The van der Waals surface area contributed by atoms with Crippen molar-refractivity contribution in [1.29, 1.82) is 0 Å². The summed E-state index contributed by atoms with van der Waals surface area (Å²) in [6, 6.07) is 1.98. The second kappa shape index (κ2) is 13.6. The molecule has 2 aliphatic heterocycles. The van der Waals surface area contributed by atoms with Crippen LogP contribution in [0.2, 0.25) is 0 Å². The Balaban J connectivity index is 1.50. The van der Waals surface area contributed by atoms with E-state index in [4.69, 9.17) is 4.74 Å². The van der Waals surface area contributed by atoms with E-state index in [1.165, 1.54) is 5.57 Å². The maximum absolute atomic E-state index is 12.7. The van der Waals surface area contributed by atoms with Crippen LogP contribution >= 0.6 is 11.8 Å². The maximum atomic E-state index is 12.7. The van der Waals surface area contributed by atoms with Crippen LogP contribution in [-0.4, -0.2) is 92.2 Å². The molecule has 32 heavy (non-hydrogen) atoms. The molecule has 0 aliphatic carbocycles. The van der Waals surface area contributed by atoms with E-state index in [1.54, 1.807) is 24.2 Å². The van der Waals surface area contributed by atoms with Crippen molar-refractivity contribution in [2.24, 2.45) is 4.99 Å². The van der Waals surface area contributed by atoms with Crippen LogP contribution < -0.4 is 15.5 Å². The summed E-state index contributed by atoms with van der Waals surface area (Å²) < 4.78 is 5.39. The highest BCUT2D eigenvalue weighted by Crippen LogP contribution is 2.25. The van der Waals surface area contributed by atoms with Crippen molar-refractivity contribution in [3.8, 4) is 0 Å². The number of piperazine rings is 1. The lowest BCUT2D eigenvalue weighted by atomic mass is 10.2. The van der Waals surface area contributed by atoms with Crippen LogP contribution in [-0.2, 0) is 9.53 Å². The number of anilines is 2. The van der Waals surface area contributed by atoms with Crippen molar-refractivity contribution in [3.05, 3.63) is 30.1 Å². The van der Waals surface area contributed by atoms with Crippen molar-refractivity contribution in [1.82, 2.24) is 15.2 Å². The Morgan fingerprint density at radius 3 is 2.88 bits per heavy atom. The third kappa shape index (κ3) is 7.88. The van der Waals surface area contributed by atoms with Gasteiger partial charge in [-0.15, -0.1) is 11.8 Å². The van der Waals surface area contributed by atoms with Crippen LogP contribution in [0.25, 0.3) is 0 Å². The average molecular weight is 461 g/mol. The summed E-state index contributed by atoms with van der Waals surface area (Å²) in [5.41, 5.74) is 2.99. The predicted octanol–water partition coefficient (Wildman–Crippen LogP) is 2.25. The van der Waals surface area contributed by atoms with Gasteiger partial charge in [0.15, 0.2) is 0 Å². The van der Waals surface area contributed by atoms with Crippen LogP contribution in [0.15, 0.2) is 35.1 Å². The van der Waals surface area contributed by atoms with E-state index in [2.05, 4.69) is 50.3 Å². The van der Waals surface area contributed by atoms with Gasteiger partial charge in [0.1, 0.15) is 0 Å². The molecule has 2 aliphatic rings. The van der Waals surface area contributed by atoms with Gasteiger partial charge in [-0.3, -0.25) is 19.7 Å². The summed E-state index contributed by atoms with van der Waals surface area (Å²) in [5, 5.41) is 6.61. The number of rotatable bonds is 10. The Bertz CT molecular complexity index is 776. The topological polar surface area (TPSA) is 82.1 Å². The fourth-order valence-electron chi connectivity index (χ4n) is 3.71. The Morgan fingerprint density at radius 2 is 2.12 bits per heavy atom. The third-order valence-corrected chi connectivity index (χ3v) is 6.73. The number of allylic oxidation sites excluding steroid dienone is 1. The fraction of sp³-hybridized carbons (Fsp3) is 0.609. The van der Waals surface area contributed by atoms with Crippen LogP contribution in [0, 0.1) is 0 Å². The molecule has 9 heteroatoms. The summed E-state index contributed by atoms with van der Waals surface area (Å²) in [5.74, 6) is 0.377. The number of morpholine rings is 1. The molecule has 3 rings (SSSR count). The zero-order chi connectivity index (χ0) is 22.6. The maximum Gasteiger partial charge on any atom is 0.234 e. The molecule has 2 saturated heterocycles. The Morgan fingerprint density at radius 1 is 1.34 bits per heavy atom. The van der Waals surface area contributed by atoms with Gasteiger partial charge < -0.3 is 20.3 Å². The minimum Gasteiger partial charge on any atom is -0.379 e. The molecule has 176 valence electrons. The summed E-state index contributed by atoms with van der Waals surface area (Å²) >= 11 is 1.63. The number of nitrogens with zero attached hydrogens (tertiary/aromatic N) is 4. The van der Waals surface area contributed by atoms with Gasteiger partial charge >= 0.3 is 0 Å². The number of nitrogens with one attached hydrogen (secondary N) is 2. The molecule has 1 aromatic heterocycles. The molecular formula is C23H36N6O2S. The molecule has 2 fully saturated rings. The summed E-state index contributed by atoms with van der Waals surface area (Å²) in [6.07, 6.45) is 8.63. The number of carbonyl (C=O) groups is 1. The van der Waals surface area contributed by atoms with Crippen molar-refractivity contribution in [2.75, 3.05) is 75.1 Å². The molecule has 8 nitrogen and oxygen atoms in total. The lowest BCUT2D eigenvalue weighted by Gasteiger charge is -2.30. The van der Waals surface area contributed by atoms with E-state index in [0.717, 1.165) is 70.3 Å². The number of amides is 1. The summed E-state index contributed by atoms with van der Waals surface area (Å²) in [6.45, 7) is 12.1. The zero-order valence-electron chi connectivity index (χ0n) is 19.3. The van der Waals surface area contributed by atoms with Crippen molar-refractivity contribution in [3.63, 3.8) is 0 Å². The number of pyridine rings is 1. The SMILES string of the molecule is CC/C=C(\C=N/CN1CCOCC1)C(C)SCC(=O)Nc1cnccc1N1CCNCC1. The largest absolute Gasteiger partial charge is 0.379 e. The van der Waals surface area contributed by atoms with Gasteiger partial charge in [-0.2, -0.15) is 0 Å². The average Bonchev–Trinajstić information content (AvgIpc) is 2.83. The number of aromatic nitrogens is 1. The Labute approximate surface area is 195 Å². The van der Waals surface area contributed by atoms with Crippen LogP contribution in [0.3, 0.4) is 0 Å². The number of carbonyl (C=O) groups excluding carboxylic acids is 1. The molecule has 0 radical (unpaired) electrons. The smallest absolute Gasteiger partial charge is 0.234 e. The van der Waals surface area contributed by atoms with E-state index < -0.39 is 0 Å². The van der Waals surface area contributed by atoms with Crippen molar-refractivity contribution >= 4 is 35.3 Å². The predicted molar refractivity (Wildman–Crippen MR) is 134 cm³/mol. The highest BCUT2D eigenvalue weighted by Gasteiger charge is 2.17. The quantitative estimate of drug-likeness (QED) is 0.518. The first kappa shape index (κ1) is 24.7. The first-order valence-corrected chi connectivity index (χ1v) is 12.5. The second-order valence-electron chi connectivity index (χ2n) is 7.93. The Kier molecular flexibility index (Phi) is 10.5. The second-order valence-corrected chi connectivity index (χ2v) is 9.26. The van der Waals surface area contributed by atoms with Gasteiger partial charge in [-0.05, 0) is 25.0 Å². The van der Waals surface area contributed by atoms with E-state index in [9.17, 15) is 4.79 Å². The van der Waals surface area contributed by atoms with Gasteiger partial charge in [0.25, 0.3) is 0 Å². The number of thioether (sulfide) groups is 1. The number of hydrogen-bond donors (Lipinski definition) is 2. The molecule has 1 amide bonds. The lowest BCUT2D eigenvalue weighted by molar-refractivity contribution is -0.113. The van der Waals surface area contributed by atoms with Crippen molar-refractivity contribution in [2.45, 2.75) is 25.5 Å². The molecule has 0 bridgehead atoms. The lowest BCUT2D eigenvalue weighted by Crippen LogP contribution is -2.43. The van der Waals surface area contributed by atoms with Crippen molar-refractivity contribution < 1.29 is 9.53 Å². The summed E-state index contributed by atoms with van der Waals surface area (Å²) in [4.78, 5) is 26.1. The van der Waals surface area contributed by atoms with Gasteiger partial charge in [0.2, 0.25) is 5.91 Å². The highest BCUT2D eigenvalue weighted by atomic mass is 32.2. The third-order valence-electron chi connectivity index (χ3n) is 5.53. The molecule has 1 unspecified atom stereocenters. The molecule has 0 aromatic carbocycles. The summed E-state index contributed by atoms with van der Waals surface area (Å²) in [7, 11) is 0. The fourth-order valence-corrected chi connectivity index (χ4v) is 4.53. The molecule has 0 spiro atoms. The molecular weight excluding hydrogens is 424 g/mol. The van der Waals surface area contributed by atoms with Gasteiger partial charge in [0, 0.05) is 56.9 Å². The Hall–Kier alpha value is -1.94. The van der Waals surface area contributed by atoms with E-state index in [1.807, 2.05) is 12.3 Å². The zero-order valence-corrected chi connectivity index (χ0v) is 20.1. The normalized spacial score (nSPS) is 19.3. The molecule has 1 atom stereocenters. The molecule has 3 heterocycles. The number of hydrogen-bond acceptors (Lipinski definition) is 8. The van der Waals surface area contributed by atoms with Crippen LogP contribution in [0.1, 0.15) is 20.3 Å². The minimum atomic E-state index is -0.00709. The van der Waals surface area contributed by atoms with Crippen LogP contribution in [0.5, 0.6) is 0 Å². The minimum absolute atomic E-state index is 0.00709. The molecule has 2 N–H and O–H groups in total.